The summed E-state index contributed by atoms with van der Waals surface area (Å²) in [4.78, 5) is 18.4. The van der Waals surface area contributed by atoms with Gasteiger partial charge in [0.15, 0.2) is 5.78 Å². The molecule has 22 heavy (non-hydrogen) atoms. The third-order valence-corrected chi connectivity index (χ3v) is 4.62. The van der Waals surface area contributed by atoms with E-state index in [1.165, 1.54) is 11.3 Å². The fourth-order valence-electron chi connectivity index (χ4n) is 3.41. The zero-order valence-corrected chi connectivity index (χ0v) is 12.5. The number of anilines is 1. The van der Waals surface area contributed by atoms with E-state index in [9.17, 15) is 4.79 Å². The van der Waals surface area contributed by atoms with Crippen molar-refractivity contribution >= 4 is 22.4 Å². The summed E-state index contributed by atoms with van der Waals surface area (Å²) >= 11 is 0. The fraction of sp³-hybridized carbons (Fsp3) is 0.211. The van der Waals surface area contributed by atoms with Crippen LogP contribution in [0.2, 0.25) is 0 Å². The van der Waals surface area contributed by atoms with Crippen molar-refractivity contribution < 1.29 is 4.79 Å². The summed E-state index contributed by atoms with van der Waals surface area (Å²) in [5.74, 6) is 0.175. The summed E-state index contributed by atoms with van der Waals surface area (Å²) in [5.41, 5.74) is 4.33. The molecule has 2 aromatic carbocycles. The molecule has 1 aliphatic rings. The highest BCUT2D eigenvalue weighted by Gasteiger charge is 2.29. The van der Waals surface area contributed by atoms with Crippen molar-refractivity contribution in [3.8, 4) is 0 Å². The van der Waals surface area contributed by atoms with E-state index < -0.39 is 0 Å². The number of carbonyl (C=O) groups is 1. The second kappa shape index (κ2) is 5.02. The van der Waals surface area contributed by atoms with E-state index in [2.05, 4.69) is 28.1 Å². The number of rotatable bonds is 3. The summed E-state index contributed by atoms with van der Waals surface area (Å²) in [6.45, 7) is 2.92. The Hall–Kier alpha value is -2.55. The van der Waals surface area contributed by atoms with Gasteiger partial charge < -0.3 is 9.88 Å². The monoisotopic (exact) mass is 290 g/mol. The van der Waals surface area contributed by atoms with E-state index in [1.54, 1.807) is 0 Å². The maximum absolute atomic E-state index is 13.0. The van der Waals surface area contributed by atoms with Gasteiger partial charge in [-0.3, -0.25) is 4.79 Å². The highest BCUT2D eigenvalue weighted by molar-refractivity contribution is 6.11. The van der Waals surface area contributed by atoms with Crippen molar-refractivity contribution in [1.29, 1.82) is 0 Å². The number of Topliss-reactive ketones (excluding diaryl/α,β-unsaturated/α-hetero) is 1. The SMILES string of the molecule is C[C@@H](C(=O)c1c[nH]c2ccccc12)N1CCc2ccccc21. The molecule has 0 saturated carbocycles. The van der Waals surface area contributed by atoms with Crippen LogP contribution in [-0.4, -0.2) is 23.4 Å². The number of benzene rings is 2. The van der Waals surface area contributed by atoms with Gasteiger partial charge in [0, 0.05) is 34.9 Å². The third-order valence-electron chi connectivity index (χ3n) is 4.62. The van der Waals surface area contributed by atoms with Crippen LogP contribution in [-0.2, 0) is 6.42 Å². The molecule has 3 nitrogen and oxygen atoms in total. The molecule has 1 atom stereocenters. The van der Waals surface area contributed by atoms with Crippen molar-refractivity contribution in [3.63, 3.8) is 0 Å². The molecule has 4 rings (SSSR count). The maximum Gasteiger partial charge on any atom is 0.187 e. The zero-order valence-electron chi connectivity index (χ0n) is 12.5. The summed E-state index contributed by atoms with van der Waals surface area (Å²) < 4.78 is 0. The number of ketones is 1. The van der Waals surface area contributed by atoms with Crippen LogP contribution in [0, 0.1) is 0 Å². The molecule has 1 aromatic heterocycles. The Labute approximate surface area is 129 Å². The maximum atomic E-state index is 13.0. The Balaban J connectivity index is 1.69. The minimum absolute atomic E-state index is 0.150. The van der Waals surface area contributed by atoms with E-state index in [1.807, 2.05) is 43.5 Å². The summed E-state index contributed by atoms with van der Waals surface area (Å²) in [7, 11) is 0. The average molecular weight is 290 g/mol. The Morgan fingerprint density at radius 1 is 1.14 bits per heavy atom. The van der Waals surface area contributed by atoms with Gasteiger partial charge in [-0.15, -0.1) is 0 Å². The number of hydrogen-bond acceptors (Lipinski definition) is 2. The predicted octanol–water partition coefficient (Wildman–Crippen LogP) is 3.80. The number of H-pyrrole nitrogens is 1. The van der Waals surface area contributed by atoms with Gasteiger partial charge in [0.1, 0.15) is 0 Å². The topological polar surface area (TPSA) is 36.1 Å². The van der Waals surface area contributed by atoms with Crippen LogP contribution in [0.4, 0.5) is 5.69 Å². The van der Waals surface area contributed by atoms with E-state index in [4.69, 9.17) is 0 Å². The lowest BCUT2D eigenvalue weighted by atomic mass is 10.0. The lowest BCUT2D eigenvalue weighted by molar-refractivity contribution is 0.0966. The minimum atomic E-state index is -0.150. The van der Waals surface area contributed by atoms with E-state index in [-0.39, 0.29) is 11.8 Å². The molecule has 0 saturated heterocycles. The summed E-state index contributed by atoms with van der Waals surface area (Å²) in [6.07, 6.45) is 2.85. The smallest absolute Gasteiger partial charge is 0.187 e. The standard InChI is InChI=1S/C19H18N2O/c1-13(21-11-10-14-6-2-5-9-18(14)21)19(22)16-12-20-17-8-4-3-7-15(16)17/h2-9,12-13,20H,10-11H2,1H3/t13-/m0/s1. The number of aromatic amines is 1. The van der Waals surface area contributed by atoms with Crippen molar-refractivity contribution in [2.45, 2.75) is 19.4 Å². The van der Waals surface area contributed by atoms with Gasteiger partial charge in [0.05, 0.1) is 6.04 Å². The van der Waals surface area contributed by atoms with Crippen LogP contribution >= 0.6 is 0 Å². The molecule has 3 aromatic rings. The van der Waals surface area contributed by atoms with Crippen molar-refractivity contribution in [1.82, 2.24) is 4.98 Å². The quantitative estimate of drug-likeness (QED) is 0.745. The number of hydrogen-bond donors (Lipinski definition) is 1. The van der Waals surface area contributed by atoms with Crippen LogP contribution in [0.3, 0.4) is 0 Å². The molecule has 2 heterocycles. The highest BCUT2D eigenvalue weighted by atomic mass is 16.1. The lowest BCUT2D eigenvalue weighted by Crippen LogP contribution is -2.37. The van der Waals surface area contributed by atoms with E-state index >= 15 is 0 Å². The molecular formula is C19H18N2O. The molecule has 0 fully saturated rings. The number of carbonyl (C=O) groups excluding carboxylic acids is 1. The second-order valence-electron chi connectivity index (χ2n) is 5.86. The first-order valence-corrected chi connectivity index (χ1v) is 7.70. The molecule has 110 valence electrons. The van der Waals surface area contributed by atoms with Gasteiger partial charge in [-0.25, -0.2) is 0 Å². The fourth-order valence-corrected chi connectivity index (χ4v) is 3.41. The van der Waals surface area contributed by atoms with Crippen LogP contribution in [0.25, 0.3) is 10.9 Å². The lowest BCUT2D eigenvalue weighted by Gasteiger charge is -2.26. The first kappa shape index (κ1) is 13.1. The summed E-state index contributed by atoms with van der Waals surface area (Å²) in [5, 5.41) is 1.01. The highest BCUT2D eigenvalue weighted by Crippen LogP contribution is 2.31. The molecule has 1 aliphatic heterocycles. The molecule has 0 radical (unpaired) electrons. The second-order valence-corrected chi connectivity index (χ2v) is 5.86. The van der Waals surface area contributed by atoms with Gasteiger partial charge in [-0.2, -0.15) is 0 Å². The molecule has 1 N–H and O–H groups in total. The Kier molecular flexibility index (Phi) is 3.00. The number of nitrogens with one attached hydrogen (secondary N) is 1. The average Bonchev–Trinajstić information content (AvgIpc) is 3.17. The van der Waals surface area contributed by atoms with Gasteiger partial charge in [0.25, 0.3) is 0 Å². The van der Waals surface area contributed by atoms with E-state index in [0.717, 1.165) is 29.4 Å². The van der Waals surface area contributed by atoms with E-state index in [0.29, 0.717) is 0 Å². The van der Waals surface area contributed by atoms with Gasteiger partial charge in [-0.05, 0) is 31.0 Å². The Morgan fingerprint density at radius 2 is 1.91 bits per heavy atom. The molecule has 0 bridgehead atoms. The first-order chi connectivity index (χ1) is 10.8. The van der Waals surface area contributed by atoms with Crippen molar-refractivity contribution in [2.75, 3.05) is 11.4 Å². The number of fused-ring (bicyclic) bond motifs is 2. The number of nitrogens with zero attached hydrogens (tertiary/aromatic N) is 1. The Bertz CT molecular complexity index is 849. The van der Waals surface area contributed by atoms with Crippen LogP contribution in [0.15, 0.2) is 54.7 Å². The van der Waals surface area contributed by atoms with Crippen molar-refractivity contribution in [3.05, 3.63) is 65.9 Å². The normalized spacial score (nSPS) is 15.0. The predicted molar refractivity (Wildman–Crippen MR) is 89.6 cm³/mol. The zero-order chi connectivity index (χ0) is 15.1. The number of aromatic nitrogens is 1. The molecule has 0 spiro atoms. The van der Waals surface area contributed by atoms with Gasteiger partial charge >= 0.3 is 0 Å². The largest absolute Gasteiger partial charge is 0.361 e. The van der Waals surface area contributed by atoms with Gasteiger partial charge in [-0.1, -0.05) is 36.4 Å². The molecule has 0 amide bonds. The third kappa shape index (κ3) is 1.93. The molecular weight excluding hydrogens is 272 g/mol. The molecule has 0 aliphatic carbocycles. The van der Waals surface area contributed by atoms with Crippen molar-refractivity contribution in [2.24, 2.45) is 0 Å². The Morgan fingerprint density at radius 3 is 2.82 bits per heavy atom. The van der Waals surface area contributed by atoms with Crippen LogP contribution < -0.4 is 4.90 Å². The molecule has 0 unspecified atom stereocenters. The summed E-state index contributed by atoms with van der Waals surface area (Å²) in [6, 6.07) is 16.2. The minimum Gasteiger partial charge on any atom is -0.361 e. The first-order valence-electron chi connectivity index (χ1n) is 7.70. The van der Waals surface area contributed by atoms with Crippen LogP contribution in [0.1, 0.15) is 22.8 Å². The number of para-hydroxylation sites is 2. The van der Waals surface area contributed by atoms with Crippen LogP contribution in [0.5, 0.6) is 0 Å². The van der Waals surface area contributed by atoms with Gasteiger partial charge in [0.2, 0.25) is 0 Å². The molecule has 3 heteroatoms.